The van der Waals surface area contributed by atoms with Gasteiger partial charge in [-0.3, -0.25) is 4.90 Å². The van der Waals surface area contributed by atoms with Crippen molar-refractivity contribution in [1.29, 1.82) is 0 Å². The first-order valence-corrected chi connectivity index (χ1v) is 5.97. The van der Waals surface area contributed by atoms with E-state index in [2.05, 4.69) is 16.6 Å². The van der Waals surface area contributed by atoms with Gasteiger partial charge in [0.05, 0.1) is 13.2 Å². The number of benzene rings is 1. The molecule has 0 heterocycles. The summed E-state index contributed by atoms with van der Waals surface area (Å²) >= 11 is 0. The second kappa shape index (κ2) is 7.17. The van der Waals surface area contributed by atoms with Crippen molar-refractivity contribution in [3.05, 3.63) is 29.8 Å². The second-order valence-corrected chi connectivity index (χ2v) is 4.32. The Kier molecular flexibility index (Phi) is 5.86. The zero-order valence-electron chi connectivity index (χ0n) is 11.2. The monoisotopic (exact) mass is 287 g/mol. The Bertz CT molecular complexity index is 474. The van der Waals surface area contributed by atoms with Crippen LogP contribution in [-0.4, -0.2) is 42.6 Å². The SMILES string of the molecule is CC(CO)N(C)CC#Cc1ccc(OC(F)(F)F)cc1. The van der Waals surface area contributed by atoms with Crippen molar-refractivity contribution in [2.45, 2.75) is 19.3 Å². The van der Waals surface area contributed by atoms with Crippen molar-refractivity contribution in [1.82, 2.24) is 4.90 Å². The minimum Gasteiger partial charge on any atom is -0.406 e. The molecule has 0 amide bonds. The van der Waals surface area contributed by atoms with E-state index in [-0.39, 0.29) is 18.4 Å². The fraction of sp³-hybridized carbons (Fsp3) is 0.429. The van der Waals surface area contributed by atoms with Crippen molar-refractivity contribution in [3.63, 3.8) is 0 Å². The molecule has 0 radical (unpaired) electrons. The summed E-state index contributed by atoms with van der Waals surface area (Å²) in [5.41, 5.74) is 0.601. The van der Waals surface area contributed by atoms with Crippen LogP contribution in [0.5, 0.6) is 5.75 Å². The first kappa shape index (κ1) is 16.3. The molecule has 3 nitrogen and oxygen atoms in total. The van der Waals surface area contributed by atoms with E-state index in [1.54, 1.807) is 0 Å². The van der Waals surface area contributed by atoms with Gasteiger partial charge in [0.25, 0.3) is 0 Å². The van der Waals surface area contributed by atoms with Crippen LogP contribution < -0.4 is 4.74 Å². The molecule has 0 bridgehead atoms. The molecule has 0 fully saturated rings. The van der Waals surface area contributed by atoms with Crippen LogP contribution in [-0.2, 0) is 0 Å². The maximum absolute atomic E-state index is 12.0. The molecule has 6 heteroatoms. The molecular weight excluding hydrogens is 271 g/mol. The number of ether oxygens (including phenoxy) is 1. The Balaban J connectivity index is 2.58. The number of aliphatic hydroxyl groups excluding tert-OH is 1. The van der Waals surface area contributed by atoms with Crippen LogP contribution in [0.15, 0.2) is 24.3 Å². The van der Waals surface area contributed by atoms with Gasteiger partial charge in [-0.25, -0.2) is 0 Å². The number of nitrogens with zero attached hydrogens (tertiary/aromatic N) is 1. The fourth-order valence-corrected chi connectivity index (χ4v) is 1.30. The Morgan fingerprint density at radius 3 is 2.40 bits per heavy atom. The van der Waals surface area contributed by atoms with Crippen LogP contribution in [0.2, 0.25) is 0 Å². The van der Waals surface area contributed by atoms with Gasteiger partial charge < -0.3 is 9.84 Å². The number of likely N-dealkylation sites (N-methyl/N-ethyl adjacent to an activating group) is 1. The predicted octanol–water partition coefficient (Wildman–Crippen LogP) is 2.25. The summed E-state index contributed by atoms with van der Waals surface area (Å²) in [4.78, 5) is 1.87. The van der Waals surface area contributed by atoms with Crippen LogP contribution in [0.25, 0.3) is 0 Å². The fourth-order valence-electron chi connectivity index (χ4n) is 1.30. The molecule has 0 saturated heterocycles. The summed E-state index contributed by atoms with van der Waals surface area (Å²) in [6.45, 7) is 2.37. The van der Waals surface area contributed by atoms with E-state index in [4.69, 9.17) is 5.11 Å². The summed E-state index contributed by atoms with van der Waals surface area (Å²) in [5, 5.41) is 8.95. The third-order valence-corrected chi connectivity index (χ3v) is 2.67. The first-order valence-electron chi connectivity index (χ1n) is 5.97. The standard InChI is InChI=1S/C14H16F3NO2/c1-11(10-19)18(2)9-3-4-12-5-7-13(8-6-12)20-14(15,16)17/h5-8,11,19H,9-10H2,1-2H3. The van der Waals surface area contributed by atoms with Crippen LogP contribution >= 0.6 is 0 Å². The summed E-state index contributed by atoms with van der Waals surface area (Å²) in [6.07, 6.45) is -4.68. The highest BCUT2D eigenvalue weighted by atomic mass is 19.4. The molecule has 110 valence electrons. The Morgan fingerprint density at radius 1 is 1.30 bits per heavy atom. The van der Waals surface area contributed by atoms with E-state index < -0.39 is 6.36 Å². The zero-order chi connectivity index (χ0) is 15.2. The van der Waals surface area contributed by atoms with Gasteiger partial charge in [0.1, 0.15) is 5.75 Å². The lowest BCUT2D eigenvalue weighted by molar-refractivity contribution is -0.274. The zero-order valence-corrected chi connectivity index (χ0v) is 11.2. The largest absolute Gasteiger partial charge is 0.573 e. The molecule has 1 N–H and O–H groups in total. The van der Waals surface area contributed by atoms with Gasteiger partial charge in [-0.1, -0.05) is 11.8 Å². The van der Waals surface area contributed by atoms with E-state index >= 15 is 0 Å². The molecule has 1 rings (SSSR count). The molecule has 1 aromatic rings. The smallest absolute Gasteiger partial charge is 0.406 e. The summed E-state index contributed by atoms with van der Waals surface area (Å²) < 4.78 is 39.7. The van der Waals surface area contributed by atoms with Gasteiger partial charge in [-0.2, -0.15) is 0 Å². The summed E-state index contributed by atoms with van der Waals surface area (Å²) in [7, 11) is 1.83. The number of alkyl halides is 3. The maximum atomic E-state index is 12.0. The van der Waals surface area contributed by atoms with Gasteiger partial charge in [0.2, 0.25) is 0 Å². The Hall–Kier alpha value is -1.71. The van der Waals surface area contributed by atoms with Gasteiger partial charge in [-0.05, 0) is 38.2 Å². The molecule has 1 atom stereocenters. The van der Waals surface area contributed by atoms with Gasteiger partial charge in [0, 0.05) is 11.6 Å². The van der Waals surface area contributed by atoms with E-state index in [0.29, 0.717) is 12.1 Å². The molecule has 0 spiro atoms. The average molecular weight is 287 g/mol. The first-order chi connectivity index (χ1) is 9.31. The van der Waals surface area contributed by atoms with Crippen LogP contribution in [0.3, 0.4) is 0 Å². The normalized spacial score (nSPS) is 12.8. The molecule has 0 aliphatic rings. The van der Waals surface area contributed by atoms with Crippen LogP contribution in [0.1, 0.15) is 12.5 Å². The van der Waals surface area contributed by atoms with Gasteiger partial charge >= 0.3 is 6.36 Å². The third kappa shape index (κ3) is 5.95. The highest BCUT2D eigenvalue weighted by Gasteiger charge is 2.30. The Morgan fingerprint density at radius 2 is 1.90 bits per heavy atom. The van der Waals surface area contributed by atoms with Crippen molar-refractivity contribution in [2.75, 3.05) is 20.2 Å². The van der Waals surface area contributed by atoms with E-state index in [9.17, 15) is 13.2 Å². The molecule has 20 heavy (non-hydrogen) atoms. The molecule has 0 aliphatic carbocycles. The van der Waals surface area contributed by atoms with E-state index in [1.807, 2.05) is 18.9 Å². The van der Waals surface area contributed by atoms with Gasteiger partial charge in [0.15, 0.2) is 0 Å². The molecule has 1 unspecified atom stereocenters. The van der Waals surface area contributed by atoms with Crippen molar-refractivity contribution in [3.8, 4) is 17.6 Å². The second-order valence-electron chi connectivity index (χ2n) is 4.32. The van der Waals surface area contributed by atoms with Crippen molar-refractivity contribution in [2.24, 2.45) is 0 Å². The van der Waals surface area contributed by atoms with Gasteiger partial charge in [-0.15, -0.1) is 13.2 Å². The van der Waals surface area contributed by atoms with Crippen molar-refractivity contribution < 1.29 is 23.0 Å². The Labute approximate surface area is 116 Å². The molecular formula is C14H16F3NO2. The minimum atomic E-state index is -4.68. The number of hydrogen-bond acceptors (Lipinski definition) is 3. The van der Waals surface area contributed by atoms with E-state index in [0.717, 1.165) is 0 Å². The predicted molar refractivity (Wildman–Crippen MR) is 69.2 cm³/mol. The molecule has 1 aromatic carbocycles. The number of rotatable bonds is 4. The average Bonchev–Trinajstić information content (AvgIpc) is 2.38. The van der Waals surface area contributed by atoms with Crippen LogP contribution in [0.4, 0.5) is 13.2 Å². The van der Waals surface area contributed by atoms with Crippen molar-refractivity contribution >= 4 is 0 Å². The topological polar surface area (TPSA) is 32.7 Å². The summed E-state index contributed by atoms with van der Waals surface area (Å²) in [6, 6.07) is 5.37. The number of aliphatic hydroxyl groups is 1. The molecule has 0 aliphatic heterocycles. The molecule has 0 saturated carbocycles. The maximum Gasteiger partial charge on any atom is 0.573 e. The number of halogens is 3. The minimum absolute atomic E-state index is 0.00635. The lowest BCUT2D eigenvalue weighted by atomic mass is 10.2. The molecule has 0 aromatic heterocycles. The third-order valence-electron chi connectivity index (χ3n) is 2.67. The lowest BCUT2D eigenvalue weighted by Crippen LogP contribution is -2.32. The summed E-state index contributed by atoms with van der Waals surface area (Å²) in [5.74, 6) is 5.45. The lowest BCUT2D eigenvalue weighted by Gasteiger charge is -2.19. The van der Waals surface area contributed by atoms with Crippen LogP contribution in [0, 0.1) is 11.8 Å². The quantitative estimate of drug-likeness (QED) is 0.862. The van der Waals surface area contributed by atoms with E-state index in [1.165, 1.54) is 24.3 Å². The highest BCUT2D eigenvalue weighted by Crippen LogP contribution is 2.22. The highest BCUT2D eigenvalue weighted by molar-refractivity contribution is 5.38. The number of hydrogen-bond donors (Lipinski definition) is 1.